The summed E-state index contributed by atoms with van der Waals surface area (Å²) in [6, 6.07) is 18.8. The predicted octanol–water partition coefficient (Wildman–Crippen LogP) is 5.61. The quantitative estimate of drug-likeness (QED) is 0.291. The average Bonchev–Trinajstić information content (AvgIpc) is 3.35. The molecule has 1 aliphatic heterocycles. The molecule has 0 bridgehead atoms. The molecule has 2 aromatic rings. The van der Waals surface area contributed by atoms with E-state index in [2.05, 4.69) is 0 Å². The second kappa shape index (κ2) is 10.0. The molecule has 0 aromatic heterocycles. The van der Waals surface area contributed by atoms with E-state index in [0.29, 0.717) is 19.4 Å². The molecule has 0 amide bonds. The first-order valence-electron chi connectivity index (χ1n) is 12.8. The summed E-state index contributed by atoms with van der Waals surface area (Å²) >= 11 is 0. The minimum Gasteiger partial charge on any atom is -0.465 e. The molecule has 6 heteroatoms. The van der Waals surface area contributed by atoms with Crippen molar-refractivity contribution in [3.05, 3.63) is 94.1 Å². The minimum absolute atomic E-state index is 0.0692. The van der Waals surface area contributed by atoms with Crippen molar-refractivity contribution in [2.24, 2.45) is 10.8 Å². The molecular weight excluding hydrogens is 468 g/mol. The normalized spacial score (nSPS) is 22.5. The van der Waals surface area contributed by atoms with Crippen molar-refractivity contribution in [3.8, 4) is 0 Å². The van der Waals surface area contributed by atoms with Crippen LogP contribution in [0.5, 0.6) is 0 Å². The van der Waals surface area contributed by atoms with Crippen molar-refractivity contribution < 1.29 is 28.6 Å². The molecule has 6 nitrogen and oxygen atoms in total. The Kier molecular flexibility index (Phi) is 6.76. The lowest BCUT2D eigenvalue weighted by Crippen LogP contribution is -2.41. The van der Waals surface area contributed by atoms with Crippen molar-refractivity contribution in [3.63, 3.8) is 0 Å². The molecule has 37 heavy (non-hydrogen) atoms. The second-order valence-corrected chi connectivity index (χ2v) is 10.4. The third-order valence-corrected chi connectivity index (χ3v) is 8.15. The molecule has 1 saturated heterocycles. The van der Waals surface area contributed by atoms with E-state index in [1.54, 1.807) is 0 Å². The van der Waals surface area contributed by atoms with E-state index >= 15 is 0 Å². The zero-order valence-electron chi connectivity index (χ0n) is 21.4. The lowest BCUT2D eigenvalue weighted by Gasteiger charge is -2.40. The first-order valence-corrected chi connectivity index (χ1v) is 12.8. The van der Waals surface area contributed by atoms with E-state index in [4.69, 9.17) is 14.2 Å². The van der Waals surface area contributed by atoms with Gasteiger partial charge in [-0.15, -0.1) is 0 Å². The molecular formula is C31H32O6. The summed E-state index contributed by atoms with van der Waals surface area (Å²) in [6.45, 7) is 4.51. The van der Waals surface area contributed by atoms with Gasteiger partial charge < -0.3 is 14.2 Å². The van der Waals surface area contributed by atoms with E-state index in [9.17, 15) is 14.4 Å². The third kappa shape index (κ3) is 4.50. The smallest absolute Gasteiger partial charge is 0.324 e. The second-order valence-electron chi connectivity index (χ2n) is 10.4. The highest BCUT2D eigenvalue weighted by Gasteiger charge is 2.58. The van der Waals surface area contributed by atoms with Crippen molar-refractivity contribution in [1.82, 2.24) is 0 Å². The Bertz CT molecular complexity index is 1220. The monoisotopic (exact) mass is 500 g/mol. The van der Waals surface area contributed by atoms with Crippen molar-refractivity contribution >= 4 is 17.9 Å². The number of allylic oxidation sites excluding steroid dienone is 3. The summed E-state index contributed by atoms with van der Waals surface area (Å²) < 4.78 is 17.0. The topological polar surface area (TPSA) is 78.9 Å². The fraction of sp³-hybridized carbons (Fsp3) is 0.387. The Labute approximate surface area is 217 Å². The Balaban J connectivity index is 1.48. The van der Waals surface area contributed by atoms with E-state index in [0.717, 1.165) is 39.8 Å². The Hall–Kier alpha value is -3.67. The summed E-state index contributed by atoms with van der Waals surface area (Å²) in [7, 11) is 0. The molecule has 5 rings (SSSR count). The van der Waals surface area contributed by atoms with Gasteiger partial charge in [0.15, 0.2) is 5.41 Å². The van der Waals surface area contributed by atoms with Crippen LogP contribution in [-0.2, 0) is 41.8 Å². The van der Waals surface area contributed by atoms with Gasteiger partial charge in [0.05, 0.1) is 12.0 Å². The van der Waals surface area contributed by atoms with E-state index in [-0.39, 0.29) is 32.0 Å². The largest absolute Gasteiger partial charge is 0.465 e. The van der Waals surface area contributed by atoms with Gasteiger partial charge >= 0.3 is 17.9 Å². The van der Waals surface area contributed by atoms with Gasteiger partial charge in [-0.05, 0) is 68.2 Å². The van der Waals surface area contributed by atoms with Gasteiger partial charge in [0.25, 0.3) is 0 Å². The molecule has 1 heterocycles. The number of hydrogen-bond donors (Lipinski definition) is 0. The number of cyclic esters (lactones) is 1. The number of fused-ring (bicyclic) bond motifs is 1. The van der Waals surface area contributed by atoms with Gasteiger partial charge in [-0.2, -0.15) is 0 Å². The Morgan fingerprint density at radius 2 is 1.35 bits per heavy atom. The van der Waals surface area contributed by atoms with Crippen LogP contribution in [0.3, 0.4) is 0 Å². The number of esters is 3. The molecule has 1 saturated carbocycles. The molecule has 0 N–H and O–H groups in total. The van der Waals surface area contributed by atoms with Crippen LogP contribution in [0.4, 0.5) is 0 Å². The third-order valence-electron chi connectivity index (χ3n) is 8.15. The first kappa shape index (κ1) is 25.0. The molecule has 2 aliphatic carbocycles. The fourth-order valence-electron chi connectivity index (χ4n) is 6.00. The fourth-order valence-corrected chi connectivity index (χ4v) is 6.00. The van der Waals surface area contributed by atoms with Crippen LogP contribution in [-0.4, -0.2) is 24.5 Å². The maximum absolute atomic E-state index is 13.7. The van der Waals surface area contributed by atoms with Crippen LogP contribution in [0.2, 0.25) is 0 Å². The summed E-state index contributed by atoms with van der Waals surface area (Å²) in [5, 5.41) is 0. The van der Waals surface area contributed by atoms with Gasteiger partial charge in [-0.3, -0.25) is 14.4 Å². The van der Waals surface area contributed by atoms with Crippen molar-refractivity contribution in [2.45, 2.75) is 59.2 Å². The van der Waals surface area contributed by atoms with E-state index in [1.165, 1.54) is 0 Å². The SMILES string of the molecule is CC1=C2CC(C(=O)OCc3ccccc3)(C(=O)OCc3ccccc3)CC2=C(C)[C@@]2(CCCOC2=O)C1. The summed E-state index contributed by atoms with van der Waals surface area (Å²) in [5.74, 6) is -1.40. The van der Waals surface area contributed by atoms with E-state index in [1.807, 2.05) is 74.5 Å². The number of hydrogen-bond acceptors (Lipinski definition) is 6. The molecule has 0 unspecified atom stereocenters. The zero-order chi connectivity index (χ0) is 26.0. The average molecular weight is 501 g/mol. The maximum Gasteiger partial charge on any atom is 0.324 e. The molecule has 3 aliphatic rings. The van der Waals surface area contributed by atoms with E-state index < -0.39 is 22.8 Å². The number of ether oxygens (including phenoxy) is 3. The van der Waals surface area contributed by atoms with Gasteiger partial charge in [-0.25, -0.2) is 0 Å². The lowest BCUT2D eigenvalue weighted by atomic mass is 9.66. The van der Waals surface area contributed by atoms with Crippen LogP contribution >= 0.6 is 0 Å². The van der Waals surface area contributed by atoms with Gasteiger partial charge in [0.1, 0.15) is 13.2 Å². The zero-order valence-corrected chi connectivity index (χ0v) is 21.4. The highest BCUT2D eigenvalue weighted by molar-refractivity contribution is 6.02. The molecule has 2 fully saturated rings. The number of rotatable bonds is 6. The van der Waals surface area contributed by atoms with Gasteiger partial charge in [0.2, 0.25) is 0 Å². The van der Waals surface area contributed by atoms with Gasteiger partial charge in [-0.1, -0.05) is 71.8 Å². The number of carbonyl (C=O) groups excluding carboxylic acids is 3. The number of carbonyl (C=O) groups is 3. The lowest BCUT2D eigenvalue weighted by molar-refractivity contribution is -0.173. The minimum atomic E-state index is -1.50. The standard InChI is InChI=1S/C31H32O6/c1-21-16-30(14-9-15-35-27(30)32)22(2)26-18-31(17-25(21)26,28(33)36-19-23-10-5-3-6-11-23)29(34)37-20-24-12-7-4-8-13-24/h3-8,10-13H,9,14-20H2,1-2H3/t30-/m1/s1. The van der Waals surface area contributed by atoms with Crippen molar-refractivity contribution in [2.75, 3.05) is 6.61 Å². The molecule has 2 aromatic carbocycles. The predicted molar refractivity (Wildman–Crippen MR) is 137 cm³/mol. The molecule has 192 valence electrons. The van der Waals surface area contributed by atoms with Crippen LogP contribution in [0.15, 0.2) is 83.0 Å². The van der Waals surface area contributed by atoms with Gasteiger partial charge in [0, 0.05) is 0 Å². The van der Waals surface area contributed by atoms with Crippen LogP contribution < -0.4 is 0 Å². The maximum atomic E-state index is 13.7. The van der Waals surface area contributed by atoms with Crippen LogP contribution in [0.25, 0.3) is 0 Å². The summed E-state index contributed by atoms with van der Waals surface area (Å²) in [4.78, 5) is 40.4. The van der Waals surface area contributed by atoms with Crippen LogP contribution in [0, 0.1) is 10.8 Å². The Morgan fingerprint density at radius 1 is 0.811 bits per heavy atom. The highest BCUT2D eigenvalue weighted by atomic mass is 16.6. The Morgan fingerprint density at radius 3 is 1.89 bits per heavy atom. The number of benzene rings is 2. The highest BCUT2D eigenvalue weighted by Crippen LogP contribution is 2.57. The first-order chi connectivity index (χ1) is 17.9. The molecule has 1 spiro atoms. The van der Waals surface area contributed by atoms with Crippen molar-refractivity contribution in [1.29, 1.82) is 0 Å². The molecule has 1 atom stereocenters. The summed E-state index contributed by atoms with van der Waals surface area (Å²) in [5.41, 5.74) is 3.26. The molecule has 0 radical (unpaired) electrons. The van der Waals surface area contributed by atoms with Crippen LogP contribution in [0.1, 0.15) is 57.1 Å². The summed E-state index contributed by atoms with van der Waals surface area (Å²) in [6.07, 6.45) is 2.41.